The molecule has 3 N–H and O–H groups in total. The van der Waals surface area contributed by atoms with Crippen molar-refractivity contribution < 1.29 is 39.1 Å². The molecule has 46 heavy (non-hydrogen) atoms. The molecule has 0 aliphatic carbocycles. The van der Waals surface area contributed by atoms with E-state index in [1.165, 1.54) is 57.8 Å². The van der Waals surface area contributed by atoms with Gasteiger partial charge in [-0.05, 0) is 78.2 Å². The highest BCUT2D eigenvalue weighted by Gasteiger charge is 2.41. The molecule has 0 saturated carbocycles. The first-order valence-electron chi connectivity index (χ1n) is 19.0. The van der Waals surface area contributed by atoms with Gasteiger partial charge in [0, 0.05) is 12.0 Å². The highest BCUT2D eigenvalue weighted by atomic mass is 16.7. The predicted octanol–water partition coefficient (Wildman–Crippen LogP) is 7.83. The summed E-state index contributed by atoms with van der Waals surface area (Å²) in [6.45, 7) is 8.01. The quantitative estimate of drug-likeness (QED) is 0.0675. The predicted molar refractivity (Wildman–Crippen MR) is 181 cm³/mol. The van der Waals surface area contributed by atoms with E-state index in [1.807, 2.05) is 20.8 Å². The Bertz CT molecular complexity index is 875. The van der Waals surface area contributed by atoms with Gasteiger partial charge < -0.3 is 34.3 Å². The third-order valence-corrected chi connectivity index (χ3v) is 10.0. The van der Waals surface area contributed by atoms with E-state index in [0.29, 0.717) is 24.8 Å². The molecule has 0 aromatic heterocycles. The van der Waals surface area contributed by atoms with Crippen LogP contribution >= 0.6 is 0 Å². The number of rotatable bonds is 25. The molecular formula is C38H68O8. The average Bonchev–Trinajstić information content (AvgIpc) is 3.70. The first-order valence-corrected chi connectivity index (χ1v) is 19.0. The van der Waals surface area contributed by atoms with Crippen LogP contribution in [-0.2, 0) is 23.7 Å². The Kier molecular flexibility index (Phi) is 18.1. The van der Waals surface area contributed by atoms with E-state index >= 15 is 0 Å². The van der Waals surface area contributed by atoms with Crippen LogP contribution in [0, 0.1) is 0 Å². The van der Waals surface area contributed by atoms with Crippen LogP contribution in [0.1, 0.15) is 169 Å². The van der Waals surface area contributed by atoms with E-state index in [4.69, 9.17) is 18.9 Å². The maximum Gasteiger partial charge on any atom is 0.334 e. The fourth-order valence-electron chi connectivity index (χ4n) is 7.43. The molecule has 3 rings (SSSR count). The molecule has 0 aromatic carbocycles. The monoisotopic (exact) mass is 652 g/mol. The van der Waals surface area contributed by atoms with Crippen LogP contribution in [0.25, 0.3) is 0 Å². The van der Waals surface area contributed by atoms with Gasteiger partial charge in [-0.25, -0.2) is 4.79 Å². The molecule has 0 amide bonds. The number of esters is 1. The lowest BCUT2D eigenvalue weighted by Crippen LogP contribution is -2.31. The standard InChI is InChI=1S/C38H68O8/c1-5-6-7-8-9-10-11-12-13-16-20-31(40)33-24-25-34(44-33)32(41)21-18-23-36-35(45-38(3,4)46-36)22-17-14-15-19-30(39)27-29-26-28(2)43-37(29)42/h26,28,30-36,39-41H,5-25,27H2,1-4H3/t28-,30+,31-,32+,33+,34+,35+,36+/m0/s1. The first-order chi connectivity index (χ1) is 22.1. The molecule has 0 aromatic rings. The zero-order valence-corrected chi connectivity index (χ0v) is 29.6. The Hall–Kier alpha value is -1.03. The summed E-state index contributed by atoms with van der Waals surface area (Å²) >= 11 is 0. The largest absolute Gasteiger partial charge is 0.455 e. The Balaban J connectivity index is 1.24. The summed E-state index contributed by atoms with van der Waals surface area (Å²) < 4.78 is 23.7. The summed E-state index contributed by atoms with van der Waals surface area (Å²) in [6, 6.07) is 0. The molecule has 2 fully saturated rings. The second-order valence-corrected chi connectivity index (χ2v) is 14.8. The summed E-state index contributed by atoms with van der Waals surface area (Å²) in [4.78, 5) is 11.8. The van der Waals surface area contributed by atoms with Gasteiger partial charge in [-0.15, -0.1) is 0 Å². The van der Waals surface area contributed by atoms with Gasteiger partial charge in [-0.1, -0.05) is 90.4 Å². The summed E-state index contributed by atoms with van der Waals surface area (Å²) in [6.07, 6.45) is 22.1. The van der Waals surface area contributed by atoms with Crippen LogP contribution in [0.5, 0.6) is 0 Å². The molecule has 3 aliphatic heterocycles. The van der Waals surface area contributed by atoms with Gasteiger partial charge in [0.1, 0.15) is 6.10 Å². The van der Waals surface area contributed by atoms with E-state index in [1.54, 1.807) is 6.08 Å². The SMILES string of the molecule is CCCCCCCCCCCC[C@H](O)[C@H]1CC[C@H]([C@H](O)CCC[C@H]2OC(C)(C)O[C@@H]2CCCCC[C@@H](O)CC2=C[C@H](C)OC2=O)O1. The van der Waals surface area contributed by atoms with Crippen molar-refractivity contribution in [3.8, 4) is 0 Å². The molecule has 0 radical (unpaired) electrons. The van der Waals surface area contributed by atoms with Crippen LogP contribution in [0.2, 0.25) is 0 Å². The smallest absolute Gasteiger partial charge is 0.334 e. The number of hydrogen-bond donors (Lipinski definition) is 3. The molecule has 268 valence electrons. The van der Waals surface area contributed by atoms with Crippen LogP contribution in [0.4, 0.5) is 0 Å². The van der Waals surface area contributed by atoms with Crippen molar-refractivity contribution in [3.05, 3.63) is 11.6 Å². The number of aliphatic hydroxyl groups is 3. The summed E-state index contributed by atoms with van der Waals surface area (Å²) in [5.41, 5.74) is 0.586. The highest BCUT2D eigenvalue weighted by Crippen LogP contribution is 2.35. The van der Waals surface area contributed by atoms with Crippen molar-refractivity contribution in [1.82, 2.24) is 0 Å². The van der Waals surface area contributed by atoms with Gasteiger partial charge in [0.05, 0.1) is 42.7 Å². The number of carbonyl (C=O) groups excluding carboxylic acids is 1. The van der Waals surface area contributed by atoms with Gasteiger partial charge in [0.25, 0.3) is 0 Å². The molecule has 0 spiro atoms. The Morgan fingerprint density at radius 3 is 1.80 bits per heavy atom. The van der Waals surface area contributed by atoms with Gasteiger partial charge in [-0.3, -0.25) is 0 Å². The number of ether oxygens (including phenoxy) is 4. The summed E-state index contributed by atoms with van der Waals surface area (Å²) in [7, 11) is 0. The van der Waals surface area contributed by atoms with Crippen molar-refractivity contribution >= 4 is 5.97 Å². The number of aliphatic hydroxyl groups excluding tert-OH is 3. The average molecular weight is 653 g/mol. The van der Waals surface area contributed by atoms with Crippen molar-refractivity contribution in [1.29, 1.82) is 0 Å². The molecule has 0 bridgehead atoms. The first kappa shape index (κ1) is 39.4. The minimum absolute atomic E-state index is 0.00442. The normalized spacial score (nSPS) is 27.9. The second kappa shape index (κ2) is 21.1. The molecule has 2 saturated heterocycles. The van der Waals surface area contributed by atoms with E-state index < -0.39 is 24.1 Å². The van der Waals surface area contributed by atoms with E-state index in [2.05, 4.69) is 6.92 Å². The van der Waals surface area contributed by atoms with Crippen LogP contribution < -0.4 is 0 Å². The third kappa shape index (κ3) is 14.6. The molecule has 8 atom stereocenters. The zero-order valence-electron chi connectivity index (χ0n) is 29.6. The fourth-order valence-corrected chi connectivity index (χ4v) is 7.43. The van der Waals surface area contributed by atoms with Crippen molar-refractivity contribution in [2.75, 3.05) is 0 Å². The van der Waals surface area contributed by atoms with E-state index in [9.17, 15) is 20.1 Å². The Labute approximate surface area is 280 Å². The molecule has 3 heterocycles. The van der Waals surface area contributed by atoms with E-state index in [-0.39, 0.29) is 36.5 Å². The third-order valence-electron chi connectivity index (χ3n) is 10.0. The number of hydrogen-bond acceptors (Lipinski definition) is 8. The topological polar surface area (TPSA) is 115 Å². The molecule has 0 unspecified atom stereocenters. The van der Waals surface area contributed by atoms with Crippen LogP contribution in [-0.4, -0.2) is 75.9 Å². The Morgan fingerprint density at radius 1 is 0.739 bits per heavy atom. The minimum Gasteiger partial charge on any atom is -0.455 e. The lowest BCUT2D eigenvalue weighted by atomic mass is 9.97. The number of carbonyl (C=O) groups is 1. The zero-order chi connectivity index (χ0) is 33.4. The van der Waals surface area contributed by atoms with Crippen molar-refractivity contribution in [2.45, 2.75) is 224 Å². The Morgan fingerprint density at radius 2 is 1.24 bits per heavy atom. The number of unbranched alkanes of at least 4 members (excludes halogenated alkanes) is 11. The van der Waals surface area contributed by atoms with Gasteiger partial charge in [-0.2, -0.15) is 0 Å². The van der Waals surface area contributed by atoms with Crippen molar-refractivity contribution in [2.24, 2.45) is 0 Å². The van der Waals surface area contributed by atoms with E-state index in [0.717, 1.165) is 64.2 Å². The second-order valence-electron chi connectivity index (χ2n) is 14.8. The van der Waals surface area contributed by atoms with Gasteiger partial charge in [0.15, 0.2) is 5.79 Å². The van der Waals surface area contributed by atoms with Crippen molar-refractivity contribution in [3.63, 3.8) is 0 Å². The summed E-state index contributed by atoms with van der Waals surface area (Å²) in [5, 5.41) is 32.0. The minimum atomic E-state index is -0.614. The van der Waals surface area contributed by atoms with Gasteiger partial charge >= 0.3 is 5.97 Å². The van der Waals surface area contributed by atoms with Gasteiger partial charge in [0.2, 0.25) is 0 Å². The molecule has 8 heteroatoms. The highest BCUT2D eigenvalue weighted by molar-refractivity contribution is 5.90. The maximum atomic E-state index is 11.8. The molecule has 3 aliphatic rings. The fraction of sp³-hybridized carbons (Fsp3) is 0.921. The van der Waals surface area contributed by atoms with Crippen LogP contribution in [0.15, 0.2) is 11.6 Å². The van der Waals surface area contributed by atoms with Crippen LogP contribution in [0.3, 0.4) is 0 Å². The number of cyclic esters (lactones) is 1. The molecule has 8 nitrogen and oxygen atoms in total. The lowest BCUT2D eigenvalue weighted by molar-refractivity contribution is -0.147. The summed E-state index contributed by atoms with van der Waals surface area (Å²) in [5.74, 6) is -0.920. The maximum absolute atomic E-state index is 11.8. The molecular weight excluding hydrogens is 584 g/mol. The lowest BCUT2D eigenvalue weighted by Gasteiger charge is -2.23.